The number of benzene rings is 5. The normalized spacial score (nSPS) is 11.6. The second-order valence-corrected chi connectivity index (χ2v) is 10.5. The molecule has 0 aliphatic heterocycles. The summed E-state index contributed by atoms with van der Waals surface area (Å²) < 4.78 is 14.7. The van der Waals surface area contributed by atoms with Gasteiger partial charge in [-0.25, -0.2) is 4.98 Å². The predicted molar refractivity (Wildman–Crippen MR) is 167 cm³/mol. The van der Waals surface area contributed by atoms with Crippen molar-refractivity contribution < 1.29 is 9.15 Å². The molecule has 0 unspecified atom stereocenters. The Labute approximate surface area is 243 Å². The number of aromatic nitrogens is 2. The van der Waals surface area contributed by atoms with E-state index in [0.717, 1.165) is 31.8 Å². The first-order valence-electron chi connectivity index (χ1n) is 13.1. The molecule has 7 heteroatoms. The number of ether oxygens (including phenoxy) is 1. The van der Waals surface area contributed by atoms with Gasteiger partial charge < -0.3 is 9.15 Å². The first kappa shape index (κ1) is 25.0. The van der Waals surface area contributed by atoms with Gasteiger partial charge in [-0.3, -0.25) is 4.79 Å². The van der Waals surface area contributed by atoms with E-state index in [2.05, 4.69) is 15.9 Å². The molecule has 0 fully saturated rings. The van der Waals surface area contributed by atoms with Crippen LogP contribution in [0, 0.1) is 0 Å². The smallest absolute Gasteiger partial charge is 0.282 e. The highest BCUT2D eigenvalue weighted by atomic mass is 79.9. The number of halogens is 1. The fourth-order valence-electron chi connectivity index (χ4n) is 4.87. The van der Waals surface area contributed by atoms with Gasteiger partial charge in [0.05, 0.1) is 17.1 Å². The van der Waals surface area contributed by atoms with Crippen LogP contribution in [-0.2, 0) is 6.61 Å². The van der Waals surface area contributed by atoms with E-state index < -0.39 is 0 Å². The Balaban J connectivity index is 1.38. The Morgan fingerprint density at radius 3 is 2.39 bits per heavy atom. The minimum absolute atomic E-state index is 0.292. The number of furan rings is 1. The second kappa shape index (κ2) is 10.5. The molecule has 0 aliphatic carbocycles. The molecular formula is C34H22BrN3O3. The minimum Gasteiger partial charge on any atom is -0.488 e. The standard InChI is InChI=1S/C34H22BrN3O3/c35-25-16-13-22(14-17-25)21-40-31-18-15-23-7-1-3-9-26(23)28(31)20-36-38-33(32-19-24-8-2-6-12-30(24)41-32)37-29-11-5-4-10-27(29)34(38)39/h1-20H,21H2. The van der Waals surface area contributed by atoms with Crippen LogP contribution >= 0.6 is 15.9 Å². The monoisotopic (exact) mass is 599 g/mol. The van der Waals surface area contributed by atoms with Crippen LogP contribution in [0.15, 0.2) is 134 Å². The summed E-state index contributed by atoms with van der Waals surface area (Å²) in [7, 11) is 0. The van der Waals surface area contributed by atoms with Crippen LogP contribution < -0.4 is 10.3 Å². The van der Waals surface area contributed by atoms with Gasteiger partial charge in [-0.05, 0) is 58.8 Å². The highest BCUT2D eigenvalue weighted by molar-refractivity contribution is 9.10. The molecule has 6 nitrogen and oxygen atoms in total. The van der Waals surface area contributed by atoms with Crippen LogP contribution in [0.2, 0.25) is 0 Å². The van der Waals surface area contributed by atoms with E-state index >= 15 is 0 Å². The van der Waals surface area contributed by atoms with E-state index in [1.807, 2.05) is 109 Å². The number of hydrogen-bond acceptors (Lipinski definition) is 5. The Hall–Kier alpha value is -5.01. The first-order valence-corrected chi connectivity index (χ1v) is 13.9. The van der Waals surface area contributed by atoms with E-state index in [4.69, 9.17) is 19.2 Å². The minimum atomic E-state index is -0.292. The predicted octanol–water partition coefficient (Wildman–Crippen LogP) is 8.19. The van der Waals surface area contributed by atoms with Crippen molar-refractivity contribution in [2.24, 2.45) is 5.10 Å². The van der Waals surface area contributed by atoms with Gasteiger partial charge in [0.2, 0.25) is 5.82 Å². The van der Waals surface area contributed by atoms with Crippen molar-refractivity contribution in [3.05, 3.63) is 141 Å². The Bertz CT molecular complexity index is 2110. The summed E-state index contributed by atoms with van der Waals surface area (Å²) in [6.07, 6.45) is 1.67. The van der Waals surface area contributed by atoms with Crippen molar-refractivity contribution in [2.75, 3.05) is 0 Å². The maximum absolute atomic E-state index is 13.8. The van der Waals surface area contributed by atoms with Gasteiger partial charge >= 0.3 is 0 Å². The molecule has 198 valence electrons. The lowest BCUT2D eigenvalue weighted by Crippen LogP contribution is -2.20. The molecule has 0 amide bonds. The van der Waals surface area contributed by atoms with Crippen LogP contribution in [0.1, 0.15) is 11.1 Å². The molecule has 0 atom stereocenters. The van der Waals surface area contributed by atoms with E-state index in [9.17, 15) is 4.79 Å². The zero-order valence-electron chi connectivity index (χ0n) is 21.7. The third-order valence-corrected chi connectivity index (χ3v) is 7.47. The summed E-state index contributed by atoms with van der Waals surface area (Å²) in [6, 6.07) is 36.8. The van der Waals surface area contributed by atoms with Crippen molar-refractivity contribution in [1.29, 1.82) is 0 Å². The Morgan fingerprint density at radius 1 is 0.829 bits per heavy atom. The highest BCUT2D eigenvalue weighted by Gasteiger charge is 2.17. The van der Waals surface area contributed by atoms with Crippen molar-refractivity contribution in [3.8, 4) is 17.3 Å². The van der Waals surface area contributed by atoms with E-state index in [1.165, 1.54) is 4.68 Å². The number of para-hydroxylation sites is 2. The third kappa shape index (κ3) is 4.81. The summed E-state index contributed by atoms with van der Waals surface area (Å²) >= 11 is 3.48. The number of hydrogen-bond donors (Lipinski definition) is 0. The summed E-state index contributed by atoms with van der Waals surface area (Å²) in [4.78, 5) is 18.6. The summed E-state index contributed by atoms with van der Waals surface area (Å²) in [5.41, 5.74) is 2.78. The second-order valence-electron chi connectivity index (χ2n) is 9.58. The average molecular weight is 600 g/mol. The number of rotatable bonds is 6. The first-order chi connectivity index (χ1) is 20.1. The van der Waals surface area contributed by atoms with Crippen molar-refractivity contribution >= 4 is 54.8 Å². The fraction of sp³-hybridized carbons (Fsp3) is 0.0294. The number of fused-ring (bicyclic) bond motifs is 3. The molecule has 0 bridgehead atoms. The van der Waals surface area contributed by atoms with Crippen LogP contribution in [0.5, 0.6) is 5.75 Å². The van der Waals surface area contributed by atoms with Gasteiger partial charge in [-0.15, -0.1) is 0 Å². The molecule has 7 aromatic rings. The molecule has 0 spiro atoms. The lowest BCUT2D eigenvalue weighted by atomic mass is 10.0. The van der Waals surface area contributed by atoms with Gasteiger partial charge in [0.1, 0.15) is 17.9 Å². The van der Waals surface area contributed by atoms with E-state index in [0.29, 0.717) is 40.4 Å². The van der Waals surface area contributed by atoms with Gasteiger partial charge in [0.15, 0.2) is 5.76 Å². The number of nitrogens with zero attached hydrogens (tertiary/aromatic N) is 3. The van der Waals surface area contributed by atoms with Crippen LogP contribution in [0.25, 0.3) is 44.2 Å². The maximum atomic E-state index is 13.8. The summed E-state index contributed by atoms with van der Waals surface area (Å²) in [6.45, 7) is 0.383. The van der Waals surface area contributed by atoms with Gasteiger partial charge in [-0.1, -0.05) is 88.7 Å². The molecule has 0 saturated heterocycles. The molecule has 2 aromatic heterocycles. The summed E-state index contributed by atoms with van der Waals surface area (Å²) in [5, 5.41) is 8.09. The van der Waals surface area contributed by atoms with Gasteiger partial charge in [-0.2, -0.15) is 9.78 Å². The van der Waals surface area contributed by atoms with Gasteiger partial charge in [0.25, 0.3) is 5.56 Å². The molecule has 0 saturated carbocycles. The lowest BCUT2D eigenvalue weighted by molar-refractivity contribution is 0.306. The Kier molecular flexibility index (Phi) is 6.41. The van der Waals surface area contributed by atoms with Crippen molar-refractivity contribution in [3.63, 3.8) is 0 Å². The zero-order valence-corrected chi connectivity index (χ0v) is 23.3. The topological polar surface area (TPSA) is 69.6 Å². The van der Waals surface area contributed by atoms with Crippen molar-refractivity contribution in [1.82, 2.24) is 9.66 Å². The Morgan fingerprint density at radius 2 is 1.56 bits per heavy atom. The quantitative estimate of drug-likeness (QED) is 0.181. The molecule has 7 rings (SSSR count). The molecule has 0 aliphatic rings. The van der Waals surface area contributed by atoms with Crippen molar-refractivity contribution in [2.45, 2.75) is 6.61 Å². The molecule has 0 N–H and O–H groups in total. The van der Waals surface area contributed by atoms with E-state index in [-0.39, 0.29) is 5.56 Å². The molecular weight excluding hydrogens is 578 g/mol. The van der Waals surface area contributed by atoms with E-state index in [1.54, 1.807) is 12.3 Å². The van der Waals surface area contributed by atoms with Crippen LogP contribution in [-0.4, -0.2) is 15.9 Å². The largest absolute Gasteiger partial charge is 0.488 e. The van der Waals surface area contributed by atoms with Gasteiger partial charge in [0, 0.05) is 15.4 Å². The molecule has 2 heterocycles. The average Bonchev–Trinajstić information content (AvgIpc) is 3.45. The summed E-state index contributed by atoms with van der Waals surface area (Å²) in [5.74, 6) is 1.43. The highest BCUT2D eigenvalue weighted by Crippen LogP contribution is 2.29. The zero-order chi connectivity index (χ0) is 27.8. The SMILES string of the molecule is O=c1c2ccccc2nc(-c2cc3ccccc3o2)n1N=Cc1c(OCc2ccc(Br)cc2)ccc2ccccc12. The van der Waals surface area contributed by atoms with Crippen LogP contribution in [0.3, 0.4) is 0 Å². The molecule has 41 heavy (non-hydrogen) atoms. The molecule has 5 aromatic carbocycles. The lowest BCUT2D eigenvalue weighted by Gasteiger charge is -2.13. The molecule has 0 radical (unpaired) electrons. The van der Waals surface area contributed by atoms with Crippen LogP contribution in [0.4, 0.5) is 0 Å². The maximum Gasteiger partial charge on any atom is 0.282 e. The third-order valence-electron chi connectivity index (χ3n) is 6.94. The fourth-order valence-corrected chi connectivity index (χ4v) is 5.14.